The molecule has 0 aliphatic carbocycles. The Kier molecular flexibility index (Phi) is 3.09. The number of nitrogens with zero attached hydrogens (tertiary/aromatic N) is 1. The third-order valence-corrected chi connectivity index (χ3v) is 3.77. The van der Waals surface area contributed by atoms with Gasteiger partial charge in [-0.1, -0.05) is 26.0 Å². The third-order valence-electron chi connectivity index (χ3n) is 3.77. The predicted octanol–water partition coefficient (Wildman–Crippen LogP) is 1.43. The number of hydrogen-bond donors (Lipinski definition) is 2. The van der Waals surface area contributed by atoms with Gasteiger partial charge >= 0.3 is 0 Å². The number of nitrogens with one attached hydrogen (secondary N) is 1. The van der Waals surface area contributed by atoms with E-state index in [1.54, 1.807) is 12.1 Å². The summed E-state index contributed by atoms with van der Waals surface area (Å²) in [6.45, 7) is 4.14. The number of anilines is 1. The Balaban J connectivity index is 2.20. The van der Waals surface area contributed by atoms with Crippen molar-refractivity contribution in [2.75, 3.05) is 5.73 Å². The summed E-state index contributed by atoms with van der Waals surface area (Å²) < 4.78 is 1.24. The van der Waals surface area contributed by atoms with E-state index in [4.69, 9.17) is 5.73 Å². The second-order valence-corrected chi connectivity index (χ2v) is 5.52. The number of nitrogen functional groups attached to an aromatic ring is 1. The van der Waals surface area contributed by atoms with Crippen molar-refractivity contribution in [1.82, 2.24) is 9.88 Å². The van der Waals surface area contributed by atoms with E-state index in [-0.39, 0.29) is 16.9 Å². The summed E-state index contributed by atoms with van der Waals surface area (Å²) in [6, 6.07) is 8.50. The number of hydrogen-bond acceptors (Lipinski definition) is 4. The maximum absolute atomic E-state index is 12.3. The molecular weight excluding hydrogens is 282 g/mol. The largest absolute Gasteiger partial charge is 0.384 e. The molecular formula is C16H15N3O3. The van der Waals surface area contributed by atoms with Gasteiger partial charge in [0.2, 0.25) is 0 Å². The number of aromatic nitrogens is 1. The third kappa shape index (κ3) is 2.00. The molecule has 1 aliphatic rings. The van der Waals surface area contributed by atoms with Gasteiger partial charge in [-0.3, -0.25) is 24.3 Å². The number of nitrogens with two attached hydrogens (primary N) is 1. The number of carbonyl (C=O) groups is 2. The summed E-state index contributed by atoms with van der Waals surface area (Å²) >= 11 is 0. The standard InChI is InChI=1S/C16H15N3O3/c1-8(2)9-3-5-10(6-4-9)19-12(20)7-11-13(14(19)17)16(22)18-15(11)21/h3-8H,17H2,1-2H3,(H,18,21,22). The van der Waals surface area contributed by atoms with Gasteiger partial charge < -0.3 is 5.73 Å². The van der Waals surface area contributed by atoms with Crippen molar-refractivity contribution < 1.29 is 9.59 Å². The fourth-order valence-corrected chi connectivity index (χ4v) is 2.55. The quantitative estimate of drug-likeness (QED) is 0.820. The zero-order chi connectivity index (χ0) is 16.0. The maximum atomic E-state index is 12.3. The highest BCUT2D eigenvalue weighted by Gasteiger charge is 2.31. The zero-order valence-corrected chi connectivity index (χ0v) is 12.2. The molecule has 0 spiro atoms. The lowest BCUT2D eigenvalue weighted by molar-refractivity contribution is 0.0880. The van der Waals surface area contributed by atoms with Crippen LogP contribution in [-0.2, 0) is 0 Å². The maximum Gasteiger partial charge on any atom is 0.262 e. The monoisotopic (exact) mass is 297 g/mol. The summed E-state index contributed by atoms with van der Waals surface area (Å²) in [5.74, 6) is -0.828. The van der Waals surface area contributed by atoms with Crippen LogP contribution >= 0.6 is 0 Å². The minimum Gasteiger partial charge on any atom is -0.384 e. The second-order valence-electron chi connectivity index (χ2n) is 5.52. The summed E-state index contributed by atoms with van der Waals surface area (Å²) in [6.07, 6.45) is 0. The summed E-state index contributed by atoms with van der Waals surface area (Å²) in [7, 11) is 0. The van der Waals surface area contributed by atoms with E-state index in [9.17, 15) is 14.4 Å². The Morgan fingerprint density at radius 1 is 1.05 bits per heavy atom. The normalized spacial score (nSPS) is 13.4. The number of rotatable bonds is 2. The van der Waals surface area contributed by atoms with Crippen LogP contribution in [0, 0.1) is 0 Å². The molecule has 0 fully saturated rings. The first-order valence-electron chi connectivity index (χ1n) is 6.91. The Morgan fingerprint density at radius 2 is 1.68 bits per heavy atom. The molecule has 0 saturated heterocycles. The van der Waals surface area contributed by atoms with Crippen molar-refractivity contribution >= 4 is 17.6 Å². The molecule has 2 aromatic rings. The van der Waals surface area contributed by atoms with Gasteiger partial charge in [-0.2, -0.15) is 0 Å². The van der Waals surface area contributed by atoms with Crippen molar-refractivity contribution in [3.63, 3.8) is 0 Å². The Labute approximate surface area is 126 Å². The minimum absolute atomic E-state index is 0.0249. The molecule has 6 heteroatoms. The molecule has 112 valence electrons. The molecule has 3 rings (SSSR count). The van der Waals surface area contributed by atoms with Gasteiger partial charge in [0.25, 0.3) is 17.4 Å². The highest BCUT2D eigenvalue weighted by atomic mass is 16.2. The molecule has 6 nitrogen and oxygen atoms in total. The van der Waals surface area contributed by atoms with Gasteiger partial charge in [-0.05, 0) is 23.6 Å². The number of benzene rings is 1. The molecule has 0 unspecified atom stereocenters. The highest BCUT2D eigenvalue weighted by molar-refractivity contribution is 6.23. The molecule has 1 aliphatic heterocycles. The topological polar surface area (TPSA) is 94.2 Å². The minimum atomic E-state index is -0.592. The first kappa shape index (κ1) is 14.1. The van der Waals surface area contributed by atoms with E-state index < -0.39 is 17.4 Å². The first-order valence-corrected chi connectivity index (χ1v) is 6.91. The SMILES string of the molecule is CC(C)c1ccc(-n2c(N)c3c(cc2=O)C(=O)NC3=O)cc1. The van der Waals surface area contributed by atoms with Crippen molar-refractivity contribution in [3.8, 4) is 5.69 Å². The molecule has 1 aromatic carbocycles. The van der Waals surface area contributed by atoms with Crippen LogP contribution in [0.3, 0.4) is 0 Å². The highest BCUT2D eigenvalue weighted by Crippen LogP contribution is 2.23. The van der Waals surface area contributed by atoms with Gasteiger partial charge in [-0.15, -0.1) is 0 Å². The van der Waals surface area contributed by atoms with Gasteiger partial charge in [0.05, 0.1) is 16.8 Å². The van der Waals surface area contributed by atoms with E-state index in [0.717, 1.165) is 11.6 Å². The summed E-state index contributed by atoms with van der Waals surface area (Å²) in [4.78, 5) is 35.7. The number of fused-ring (bicyclic) bond motifs is 1. The molecule has 3 N–H and O–H groups in total. The van der Waals surface area contributed by atoms with Crippen LogP contribution < -0.4 is 16.6 Å². The average Bonchev–Trinajstić information content (AvgIpc) is 2.74. The van der Waals surface area contributed by atoms with E-state index in [2.05, 4.69) is 19.2 Å². The van der Waals surface area contributed by atoms with Crippen LogP contribution in [0.5, 0.6) is 0 Å². The molecule has 0 atom stereocenters. The van der Waals surface area contributed by atoms with Crippen LogP contribution in [-0.4, -0.2) is 16.4 Å². The van der Waals surface area contributed by atoms with Crippen molar-refractivity contribution in [2.45, 2.75) is 19.8 Å². The number of amides is 2. The van der Waals surface area contributed by atoms with Crippen molar-refractivity contribution in [1.29, 1.82) is 0 Å². The van der Waals surface area contributed by atoms with Crippen LogP contribution in [0.15, 0.2) is 35.1 Å². The van der Waals surface area contributed by atoms with E-state index in [1.165, 1.54) is 4.57 Å². The zero-order valence-electron chi connectivity index (χ0n) is 12.2. The Morgan fingerprint density at radius 3 is 2.27 bits per heavy atom. The van der Waals surface area contributed by atoms with E-state index in [1.807, 2.05) is 12.1 Å². The Hall–Kier alpha value is -2.89. The van der Waals surface area contributed by atoms with Crippen LogP contribution in [0.2, 0.25) is 0 Å². The van der Waals surface area contributed by atoms with Gasteiger partial charge in [0.1, 0.15) is 5.82 Å². The summed E-state index contributed by atoms with van der Waals surface area (Å²) in [5.41, 5.74) is 7.29. The fraction of sp³-hybridized carbons (Fsp3) is 0.188. The lowest BCUT2D eigenvalue weighted by Crippen LogP contribution is -2.24. The second kappa shape index (κ2) is 4.84. The Bertz CT molecular complexity index is 848. The fourth-order valence-electron chi connectivity index (χ4n) is 2.55. The predicted molar refractivity (Wildman–Crippen MR) is 82.3 cm³/mol. The average molecular weight is 297 g/mol. The number of pyridine rings is 1. The molecule has 0 bridgehead atoms. The molecule has 22 heavy (non-hydrogen) atoms. The molecule has 2 heterocycles. The van der Waals surface area contributed by atoms with E-state index in [0.29, 0.717) is 11.6 Å². The molecule has 2 amide bonds. The van der Waals surface area contributed by atoms with Crippen LogP contribution in [0.1, 0.15) is 46.0 Å². The van der Waals surface area contributed by atoms with Crippen molar-refractivity contribution in [3.05, 3.63) is 57.4 Å². The van der Waals surface area contributed by atoms with Gasteiger partial charge in [0.15, 0.2) is 0 Å². The lowest BCUT2D eigenvalue weighted by Gasteiger charge is -2.13. The lowest BCUT2D eigenvalue weighted by atomic mass is 10.0. The summed E-state index contributed by atoms with van der Waals surface area (Å²) in [5, 5.41) is 2.14. The molecule has 0 radical (unpaired) electrons. The molecule has 1 aromatic heterocycles. The number of imide groups is 1. The smallest absolute Gasteiger partial charge is 0.262 e. The number of carbonyl (C=O) groups excluding carboxylic acids is 2. The first-order chi connectivity index (χ1) is 10.4. The van der Waals surface area contributed by atoms with E-state index >= 15 is 0 Å². The van der Waals surface area contributed by atoms with Crippen molar-refractivity contribution in [2.24, 2.45) is 0 Å². The van der Waals surface area contributed by atoms with Crippen LogP contribution in [0.4, 0.5) is 5.82 Å². The molecule has 0 saturated carbocycles. The van der Waals surface area contributed by atoms with Gasteiger partial charge in [-0.25, -0.2) is 0 Å². The van der Waals surface area contributed by atoms with Gasteiger partial charge in [0, 0.05) is 6.07 Å². The van der Waals surface area contributed by atoms with Crippen LogP contribution in [0.25, 0.3) is 5.69 Å².